The number of carbonyl (C=O) groups excluding carboxylic acids is 2. The summed E-state index contributed by atoms with van der Waals surface area (Å²) in [5.74, 6) is 0.238. The van der Waals surface area contributed by atoms with Crippen LogP contribution in [0.5, 0.6) is 0 Å². The molecule has 0 spiro atoms. The fourth-order valence-electron chi connectivity index (χ4n) is 2.11. The average Bonchev–Trinajstić information content (AvgIpc) is 2.59. The van der Waals surface area contributed by atoms with Gasteiger partial charge in [-0.15, -0.1) is 11.8 Å². The van der Waals surface area contributed by atoms with Crippen LogP contribution in [0.3, 0.4) is 0 Å². The Hall–Kier alpha value is -1.98. The lowest BCUT2D eigenvalue weighted by atomic mass is 10.2. The van der Waals surface area contributed by atoms with E-state index in [2.05, 4.69) is 17.6 Å². The highest BCUT2D eigenvalue weighted by molar-refractivity contribution is 8.00. The number of halogens is 1. The van der Waals surface area contributed by atoms with Gasteiger partial charge >= 0.3 is 0 Å². The molecule has 0 bridgehead atoms. The Balaban J connectivity index is 1.79. The zero-order valence-corrected chi connectivity index (χ0v) is 15.6. The molecular weight excluding hydrogens is 356 g/mol. The maximum Gasteiger partial charge on any atom is 0.234 e. The van der Waals surface area contributed by atoms with Gasteiger partial charge in [-0.25, -0.2) is 0 Å². The van der Waals surface area contributed by atoms with Crippen LogP contribution in [0.4, 0.5) is 11.4 Å². The molecule has 2 amide bonds. The second-order valence-corrected chi connectivity index (χ2v) is 7.01. The van der Waals surface area contributed by atoms with E-state index in [1.165, 1.54) is 11.8 Å². The van der Waals surface area contributed by atoms with Crippen molar-refractivity contribution in [1.29, 1.82) is 0 Å². The monoisotopic (exact) mass is 376 g/mol. The van der Waals surface area contributed by atoms with Crippen molar-refractivity contribution < 1.29 is 9.59 Å². The summed E-state index contributed by atoms with van der Waals surface area (Å²) in [4.78, 5) is 24.6. The number of hydrogen-bond donors (Lipinski definition) is 2. The molecule has 0 saturated heterocycles. The lowest BCUT2D eigenvalue weighted by Crippen LogP contribution is -2.13. The van der Waals surface area contributed by atoms with Crippen LogP contribution in [0.2, 0.25) is 5.02 Å². The van der Waals surface area contributed by atoms with E-state index in [9.17, 15) is 9.59 Å². The lowest BCUT2D eigenvalue weighted by Gasteiger charge is -2.07. The molecule has 6 heteroatoms. The van der Waals surface area contributed by atoms with Crippen LogP contribution in [0, 0.1) is 0 Å². The molecule has 4 nitrogen and oxygen atoms in total. The number of nitrogens with one attached hydrogen (secondary N) is 2. The summed E-state index contributed by atoms with van der Waals surface area (Å²) < 4.78 is 0. The van der Waals surface area contributed by atoms with E-state index in [1.54, 1.807) is 24.3 Å². The number of anilines is 2. The molecule has 0 atom stereocenters. The Kier molecular flexibility index (Phi) is 7.82. The molecule has 0 saturated carbocycles. The van der Waals surface area contributed by atoms with Crippen molar-refractivity contribution in [1.82, 2.24) is 0 Å². The number of carbonyl (C=O) groups is 2. The summed E-state index contributed by atoms with van der Waals surface area (Å²) in [6.07, 6.45) is 2.43. The van der Waals surface area contributed by atoms with Gasteiger partial charge in [-0.05, 0) is 48.9 Å². The topological polar surface area (TPSA) is 58.2 Å². The normalized spacial score (nSPS) is 10.3. The summed E-state index contributed by atoms with van der Waals surface area (Å²) in [6, 6.07) is 14.5. The Morgan fingerprint density at radius 3 is 2.40 bits per heavy atom. The lowest BCUT2D eigenvalue weighted by molar-refractivity contribution is -0.116. The standard InChI is InChI=1S/C19H21ClN2O2S/c1-2-3-7-18(23)21-15-8-10-17(11-9-15)25-13-19(24)22-16-6-4-5-14(20)12-16/h4-6,8-12H,2-3,7,13H2,1H3,(H,21,23)(H,22,24). The molecule has 0 unspecified atom stereocenters. The minimum Gasteiger partial charge on any atom is -0.326 e. The number of benzene rings is 2. The highest BCUT2D eigenvalue weighted by Crippen LogP contribution is 2.21. The third kappa shape index (κ3) is 7.20. The minimum absolute atomic E-state index is 0.0307. The predicted molar refractivity (Wildman–Crippen MR) is 105 cm³/mol. The van der Waals surface area contributed by atoms with Crippen LogP contribution in [-0.4, -0.2) is 17.6 Å². The van der Waals surface area contributed by atoms with Gasteiger partial charge < -0.3 is 10.6 Å². The van der Waals surface area contributed by atoms with Gasteiger partial charge in [-0.3, -0.25) is 9.59 Å². The molecular formula is C19H21ClN2O2S. The summed E-state index contributed by atoms with van der Waals surface area (Å²) in [7, 11) is 0. The Bertz CT molecular complexity index is 720. The third-order valence-electron chi connectivity index (χ3n) is 3.37. The molecule has 2 aromatic carbocycles. The van der Waals surface area contributed by atoms with Crippen molar-refractivity contribution in [3.8, 4) is 0 Å². The quantitative estimate of drug-likeness (QED) is 0.622. The zero-order chi connectivity index (χ0) is 18.1. The van der Waals surface area contributed by atoms with Gasteiger partial charge in [0.1, 0.15) is 0 Å². The first-order chi connectivity index (χ1) is 12.1. The van der Waals surface area contributed by atoms with Crippen molar-refractivity contribution in [3.63, 3.8) is 0 Å². The molecule has 0 radical (unpaired) electrons. The van der Waals surface area contributed by atoms with Crippen LogP contribution in [0.15, 0.2) is 53.4 Å². The van der Waals surface area contributed by atoms with E-state index in [0.717, 1.165) is 23.4 Å². The van der Waals surface area contributed by atoms with Crippen LogP contribution >= 0.6 is 23.4 Å². The number of unbranched alkanes of at least 4 members (excludes halogenated alkanes) is 1. The van der Waals surface area contributed by atoms with Crippen molar-refractivity contribution in [2.24, 2.45) is 0 Å². The first-order valence-electron chi connectivity index (χ1n) is 8.15. The van der Waals surface area contributed by atoms with Gasteiger partial charge in [0, 0.05) is 27.7 Å². The van der Waals surface area contributed by atoms with Gasteiger partial charge in [0.15, 0.2) is 0 Å². The smallest absolute Gasteiger partial charge is 0.234 e. The average molecular weight is 377 g/mol. The van der Waals surface area contributed by atoms with Crippen molar-refractivity contribution in [2.45, 2.75) is 31.1 Å². The first kappa shape index (κ1) is 19.3. The molecule has 2 aromatic rings. The van der Waals surface area contributed by atoms with Crippen LogP contribution in [0.1, 0.15) is 26.2 Å². The molecule has 0 aliphatic heterocycles. The molecule has 0 aliphatic carbocycles. The van der Waals surface area contributed by atoms with Crippen LogP contribution in [0.25, 0.3) is 0 Å². The maximum absolute atomic E-state index is 12.0. The van der Waals surface area contributed by atoms with Gasteiger partial charge in [0.05, 0.1) is 5.75 Å². The Morgan fingerprint density at radius 1 is 1.00 bits per heavy atom. The summed E-state index contributed by atoms with van der Waals surface area (Å²) in [6.45, 7) is 2.06. The largest absolute Gasteiger partial charge is 0.326 e. The fraction of sp³-hybridized carbons (Fsp3) is 0.263. The van der Waals surface area contributed by atoms with Gasteiger partial charge in [0.2, 0.25) is 11.8 Å². The molecule has 25 heavy (non-hydrogen) atoms. The van der Waals surface area contributed by atoms with E-state index in [-0.39, 0.29) is 11.8 Å². The van der Waals surface area contributed by atoms with E-state index >= 15 is 0 Å². The highest BCUT2D eigenvalue weighted by atomic mass is 35.5. The van der Waals surface area contributed by atoms with E-state index in [4.69, 9.17) is 11.6 Å². The van der Waals surface area contributed by atoms with E-state index in [0.29, 0.717) is 22.9 Å². The molecule has 0 heterocycles. The molecule has 2 N–H and O–H groups in total. The zero-order valence-electron chi connectivity index (χ0n) is 14.0. The molecule has 0 aliphatic rings. The highest BCUT2D eigenvalue weighted by Gasteiger charge is 2.05. The number of rotatable bonds is 8. The van der Waals surface area contributed by atoms with E-state index < -0.39 is 0 Å². The second-order valence-electron chi connectivity index (χ2n) is 5.52. The third-order valence-corrected chi connectivity index (χ3v) is 4.62. The molecule has 2 rings (SSSR count). The van der Waals surface area contributed by atoms with Gasteiger partial charge in [-0.1, -0.05) is 31.0 Å². The van der Waals surface area contributed by atoms with E-state index in [1.807, 2.05) is 24.3 Å². The van der Waals surface area contributed by atoms with Crippen molar-refractivity contribution in [3.05, 3.63) is 53.6 Å². The summed E-state index contributed by atoms with van der Waals surface area (Å²) in [5, 5.41) is 6.26. The Morgan fingerprint density at radius 2 is 1.72 bits per heavy atom. The van der Waals surface area contributed by atoms with Crippen molar-refractivity contribution >= 4 is 46.6 Å². The fourth-order valence-corrected chi connectivity index (χ4v) is 3.00. The number of thioether (sulfide) groups is 1. The first-order valence-corrected chi connectivity index (χ1v) is 9.51. The van der Waals surface area contributed by atoms with Gasteiger partial charge in [0.25, 0.3) is 0 Å². The molecule has 0 fully saturated rings. The van der Waals surface area contributed by atoms with Gasteiger partial charge in [-0.2, -0.15) is 0 Å². The Labute approximate surface area is 157 Å². The minimum atomic E-state index is -0.0933. The maximum atomic E-state index is 12.0. The number of amides is 2. The number of hydrogen-bond acceptors (Lipinski definition) is 3. The summed E-state index contributed by atoms with van der Waals surface area (Å²) >= 11 is 7.33. The van der Waals surface area contributed by atoms with Crippen LogP contribution in [-0.2, 0) is 9.59 Å². The van der Waals surface area contributed by atoms with Crippen molar-refractivity contribution in [2.75, 3.05) is 16.4 Å². The second kappa shape index (κ2) is 10.1. The SMILES string of the molecule is CCCCC(=O)Nc1ccc(SCC(=O)Nc2cccc(Cl)c2)cc1. The summed E-state index contributed by atoms with van der Waals surface area (Å²) in [5.41, 5.74) is 1.46. The predicted octanol–water partition coefficient (Wildman–Crippen LogP) is 5.20. The molecule has 0 aromatic heterocycles. The van der Waals surface area contributed by atoms with Crippen LogP contribution < -0.4 is 10.6 Å². The molecule has 132 valence electrons.